The highest BCUT2D eigenvalue weighted by Crippen LogP contribution is 2.29. The molecule has 204 valence electrons. The molecule has 7 heteroatoms. The average Bonchev–Trinajstić information content (AvgIpc) is 3.21. The number of carbonyl (C=O) groups is 2. The highest BCUT2D eigenvalue weighted by atomic mass is 16.5. The lowest BCUT2D eigenvalue weighted by molar-refractivity contribution is -0.143. The van der Waals surface area contributed by atoms with E-state index >= 15 is 0 Å². The monoisotopic (exact) mass is 526 g/mol. The van der Waals surface area contributed by atoms with Crippen LogP contribution in [-0.2, 0) is 20.7 Å². The van der Waals surface area contributed by atoms with Gasteiger partial charge >= 0.3 is 5.97 Å². The van der Waals surface area contributed by atoms with Crippen molar-refractivity contribution in [3.63, 3.8) is 0 Å². The van der Waals surface area contributed by atoms with Crippen molar-refractivity contribution in [2.75, 3.05) is 6.61 Å². The third kappa shape index (κ3) is 6.19. The normalized spacial score (nSPS) is 12.0. The van der Waals surface area contributed by atoms with E-state index in [2.05, 4.69) is 44.3 Å². The Morgan fingerprint density at radius 3 is 2.33 bits per heavy atom. The third-order valence-corrected chi connectivity index (χ3v) is 7.40. The first-order valence-electron chi connectivity index (χ1n) is 13.5. The van der Waals surface area contributed by atoms with E-state index in [0.29, 0.717) is 13.0 Å². The summed E-state index contributed by atoms with van der Waals surface area (Å²) in [6, 6.07) is 13.7. The van der Waals surface area contributed by atoms with Crippen LogP contribution in [0, 0.1) is 41.5 Å². The standard InChI is InChI=1S/C32H38N4O3/c1-8-39-30(38)18-28(25-12-9-19(2)10-13-25)34-29(37)16-15-27-22(5)31-24(7)35-36(32(31)33-23(27)6)26-14-11-20(3)21(4)17-26/h9-14,17,28H,8,15-16,18H2,1-7H3,(H,34,37). The van der Waals surface area contributed by atoms with Crippen LogP contribution >= 0.6 is 0 Å². The third-order valence-electron chi connectivity index (χ3n) is 7.40. The Morgan fingerprint density at radius 1 is 0.949 bits per heavy atom. The predicted octanol–water partition coefficient (Wildman–Crippen LogP) is 6.01. The molecule has 0 bridgehead atoms. The van der Waals surface area contributed by atoms with Crippen LogP contribution in [0.4, 0.5) is 0 Å². The maximum absolute atomic E-state index is 13.1. The molecule has 2 aromatic carbocycles. The van der Waals surface area contributed by atoms with E-state index in [-0.39, 0.29) is 24.7 Å². The van der Waals surface area contributed by atoms with Gasteiger partial charge in [0.2, 0.25) is 5.91 Å². The second-order valence-corrected chi connectivity index (χ2v) is 10.3. The zero-order valence-electron chi connectivity index (χ0n) is 24.0. The number of aryl methyl sites for hydroxylation is 6. The molecule has 0 fully saturated rings. The molecule has 39 heavy (non-hydrogen) atoms. The van der Waals surface area contributed by atoms with Crippen molar-refractivity contribution in [2.45, 2.75) is 73.8 Å². The second-order valence-electron chi connectivity index (χ2n) is 10.3. The minimum atomic E-state index is -0.446. The lowest BCUT2D eigenvalue weighted by atomic mass is 9.98. The summed E-state index contributed by atoms with van der Waals surface area (Å²) in [5.74, 6) is -0.452. The molecule has 2 heterocycles. The first-order chi connectivity index (χ1) is 18.6. The quantitative estimate of drug-likeness (QED) is 0.270. The molecule has 0 aliphatic carbocycles. The molecule has 4 aromatic rings. The Labute approximate surface area is 230 Å². The summed E-state index contributed by atoms with van der Waals surface area (Å²) in [6.07, 6.45) is 0.913. The van der Waals surface area contributed by atoms with Crippen molar-refractivity contribution in [3.05, 3.63) is 87.2 Å². The molecular weight excluding hydrogens is 488 g/mol. The number of benzene rings is 2. The second kappa shape index (κ2) is 11.8. The molecular formula is C32H38N4O3. The summed E-state index contributed by atoms with van der Waals surface area (Å²) in [5.41, 5.74) is 10.2. The van der Waals surface area contributed by atoms with Crippen molar-refractivity contribution >= 4 is 22.9 Å². The number of fused-ring (bicyclic) bond motifs is 1. The maximum atomic E-state index is 13.1. The van der Waals surface area contributed by atoms with E-state index in [1.54, 1.807) is 6.92 Å². The van der Waals surface area contributed by atoms with Crippen molar-refractivity contribution in [3.8, 4) is 5.69 Å². The number of ether oxygens (including phenoxy) is 1. The van der Waals surface area contributed by atoms with Crippen LogP contribution in [0.3, 0.4) is 0 Å². The van der Waals surface area contributed by atoms with Gasteiger partial charge in [0.05, 0.1) is 30.5 Å². The van der Waals surface area contributed by atoms with Crippen molar-refractivity contribution in [1.29, 1.82) is 0 Å². The average molecular weight is 527 g/mol. The maximum Gasteiger partial charge on any atom is 0.308 e. The van der Waals surface area contributed by atoms with Gasteiger partial charge in [0.1, 0.15) is 0 Å². The number of esters is 1. The first kappa shape index (κ1) is 28.0. The number of nitrogens with zero attached hydrogens (tertiary/aromatic N) is 3. The van der Waals surface area contributed by atoms with Crippen LogP contribution in [0.15, 0.2) is 42.5 Å². The molecule has 1 N–H and O–H groups in total. The van der Waals surface area contributed by atoms with Crippen molar-refractivity contribution in [2.24, 2.45) is 0 Å². The van der Waals surface area contributed by atoms with Gasteiger partial charge in [-0.15, -0.1) is 0 Å². The highest BCUT2D eigenvalue weighted by Gasteiger charge is 2.21. The topological polar surface area (TPSA) is 86.1 Å². The number of carbonyl (C=O) groups excluding carboxylic acids is 2. The molecule has 1 atom stereocenters. The number of hydrogen-bond donors (Lipinski definition) is 1. The van der Waals surface area contributed by atoms with Gasteiger partial charge in [0.25, 0.3) is 0 Å². The van der Waals surface area contributed by atoms with Crippen LogP contribution in [-0.4, -0.2) is 33.2 Å². The highest BCUT2D eigenvalue weighted by molar-refractivity contribution is 5.85. The molecule has 2 aromatic heterocycles. The summed E-state index contributed by atoms with van der Waals surface area (Å²) in [6.45, 7) is 14.4. The Hall–Kier alpha value is -4.00. The minimum absolute atomic E-state index is 0.0884. The Balaban J connectivity index is 1.56. The largest absolute Gasteiger partial charge is 0.466 e. The number of nitrogens with one attached hydrogen (secondary N) is 1. The van der Waals surface area contributed by atoms with Gasteiger partial charge in [-0.25, -0.2) is 9.67 Å². The fraction of sp³-hybridized carbons (Fsp3) is 0.375. The van der Waals surface area contributed by atoms with Gasteiger partial charge in [-0.3, -0.25) is 9.59 Å². The Kier molecular flexibility index (Phi) is 8.48. The lowest BCUT2D eigenvalue weighted by Gasteiger charge is -2.19. The lowest BCUT2D eigenvalue weighted by Crippen LogP contribution is -2.31. The summed E-state index contributed by atoms with van der Waals surface area (Å²) in [5, 5.41) is 8.90. The van der Waals surface area contributed by atoms with Crippen LogP contribution in [0.2, 0.25) is 0 Å². The Morgan fingerprint density at radius 2 is 1.67 bits per heavy atom. The van der Waals surface area contributed by atoms with Gasteiger partial charge < -0.3 is 10.1 Å². The number of amides is 1. The SMILES string of the molecule is CCOC(=O)CC(NC(=O)CCc1c(C)nc2c(c(C)nn2-c2ccc(C)c(C)c2)c1C)c1ccc(C)cc1. The predicted molar refractivity (Wildman–Crippen MR) is 154 cm³/mol. The zero-order chi connectivity index (χ0) is 28.3. The molecule has 1 amide bonds. The van der Waals surface area contributed by atoms with E-state index < -0.39 is 6.04 Å². The first-order valence-corrected chi connectivity index (χ1v) is 13.5. The van der Waals surface area contributed by atoms with Crippen LogP contribution < -0.4 is 5.32 Å². The summed E-state index contributed by atoms with van der Waals surface area (Å²) >= 11 is 0. The summed E-state index contributed by atoms with van der Waals surface area (Å²) in [4.78, 5) is 30.3. The van der Waals surface area contributed by atoms with Crippen molar-refractivity contribution < 1.29 is 14.3 Å². The number of aromatic nitrogens is 3. The van der Waals surface area contributed by atoms with Gasteiger partial charge in [-0.1, -0.05) is 35.9 Å². The molecule has 0 aliphatic heterocycles. The molecule has 4 rings (SSSR count). The molecule has 0 saturated carbocycles. The Bertz CT molecular complexity index is 1520. The van der Waals surface area contributed by atoms with Crippen molar-refractivity contribution in [1.82, 2.24) is 20.1 Å². The van der Waals surface area contributed by atoms with Gasteiger partial charge in [-0.05, 0) is 94.8 Å². The van der Waals surface area contributed by atoms with E-state index in [0.717, 1.165) is 50.4 Å². The molecule has 0 spiro atoms. The van der Waals surface area contributed by atoms with Crippen LogP contribution in [0.5, 0.6) is 0 Å². The smallest absolute Gasteiger partial charge is 0.308 e. The molecule has 1 unspecified atom stereocenters. The number of pyridine rings is 1. The van der Waals surface area contributed by atoms with Gasteiger partial charge in [-0.2, -0.15) is 5.10 Å². The molecule has 7 nitrogen and oxygen atoms in total. The molecule has 0 aliphatic rings. The van der Waals surface area contributed by atoms with E-state index in [1.807, 2.05) is 49.7 Å². The van der Waals surface area contributed by atoms with E-state index in [4.69, 9.17) is 14.8 Å². The van der Waals surface area contributed by atoms with E-state index in [9.17, 15) is 9.59 Å². The number of hydrogen-bond acceptors (Lipinski definition) is 5. The van der Waals surface area contributed by atoms with Gasteiger partial charge in [0, 0.05) is 17.5 Å². The fourth-order valence-corrected chi connectivity index (χ4v) is 5.05. The van der Waals surface area contributed by atoms with E-state index in [1.165, 1.54) is 11.1 Å². The fourth-order valence-electron chi connectivity index (χ4n) is 5.05. The summed E-state index contributed by atoms with van der Waals surface area (Å²) in [7, 11) is 0. The van der Waals surface area contributed by atoms with Gasteiger partial charge in [0.15, 0.2) is 5.65 Å². The van der Waals surface area contributed by atoms with Crippen LogP contribution in [0.25, 0.3) is 16.7 Å². The molecule has 0 radical (unpaired) electrons. The minimum Gasteiger partial charge on any atom is -0.466 e. The van der Waals surface area contributed by atoms with Crippen LogP contribution in [0.1, 0.15) is 70.6 Å². The zero-order valence-corrected chi connectivity index (χ0v) is 24.0. The summed E-state index contributed by atoms with van der Waals surface area (Å²) < 4.78 is 7.06. The number of rotatable bonds is 9. The molecule has 0 saturated heterocycles.